The SMILES string of the molecule is COC(=O)[C@H](C)CC(=C=O)Cc1ccc(-c2ccccc2)cc1. The summed E-state index contributed by atoms with van der Waals surface area (Å²) in [7, 11) is 1.35. The lowest BCUT2D eigenvalue weighted by Crippen LogP contribution is -2.14. The van der Waals surface area contributed by atoms with Gasteiger partial charge >= 0.3 is 5.97 Å². The average molecular weight is 308 g/mol. The molecule has 1 atom stereocenters. The maximum atomic E-state index is 11.5. The van der Waals surface area contributed by atoms with Gasteiger partial charge in [0.25, 0.3) is 0 Å². The van der Waals surface area contributed by atoms with Gasteiger partial charge in [-0.2, -0.15) is 0 Å². The van der Waals surface area contributed by atoms with E-state index in [0.717, 1.165) is 16.7 Å². The van der Waals surface area contributed by atoms with Gasteiger partial charge in [-0.05, 0) is 23.1 Å². The Balaban J connectivity index is 2.05. The van der Waals surface area contributed by atoms with Crippen molar-refractivity contribution in [2.45, 2.75) is 19.8 Å². The Hall–Kier alpha value is -2.64. The van der Waals surface area contributed by atoms with Crippen molar-refractivity contribution in [3.05, 3.63) is 65.7 Å². The Labute approximate surface area is 136 Å². The van der Waals surface area contributed by atoms with Crippen LogP contribution in [0.4, 0.5) is 0 Å². The summed E-state index contributed by atoms with van der Waals surface area (Å²) in [5, 5.41) is 0. The number of allylic oxidation sites excluding steroid dienone is 1. The molecule has 0 radical (unpaired) electrons. The molecule has 118 valence electrons. The smallest absolute Gasteiger partial charge is 0.308 e. The maximum Gasteiger partial charge on any atom is 0.308 e. The van der Waals surface area contributed by atoms with Crippen LogP contribution in [-0.2, 0) is 20.7 Å². The number of benzene rings is 2. The van der Waals surface area contributed by atoms with Gasteiger partial charge in [-0.1, -0.05) is 61.5 Å². The highest BCUT2D eigenvalue weighted by molar-refractivity contribution is 5.73. The van der Waals surface area contributed by atoms with Crippen molar-refractivity contribution in [3.8, 4) is 11.1 Å². The summed E-state index contributed by atoms with van der Waals surface area (Å²) in [5.74, 6) is 1.32. The highest BCUT2D eigenvalue weighted by Crippen LogP contribution is 2.21. The summed E-state index contributed by atoms with van der Waals surface area (Å²) in [4.78, 5) is 22.6. The van der Waals surface area contributed by atoms with E-state index in [-0.39, 0.29) is 11.9 Å². The second-order valence-electron chi connectivity index (χ2n) is 5.57. The number of methoxy groups -OCH3 is 1. The second kappa shape index (κ2) is 8.11. The molecule has 0 bridgehead atoms. The summed E-state index contributed by atoms with van der Waals surface area (Å²) in [6, 6.07) is 18.2. The molecular formula is C20H20O3. The first-order valence-corrected chi connectivity index (χ1v) is 7.59. The molecule has 0 aliphatic rings. The fourth-order valence-electron chi connectivity index (χ4n) is 2.50. The minimum absolute atomic E-state index is 0.308. The van der Waals surface area contributed by atoms with Gasteiger partial charge in [-0.3, -0.25) is 4.79 Å². The molecule has 0 amide bonds. The highest BCUT2D eigenvalue weighted by atomic mass is 16.5. The molecular weight excluding hydrogens is 288 g/mol. The van der Waals surface area contributed by atoms with Crippen molar-refractivity contribution >= 4 is 11.9 Å². The van der Waals surface area contributed by atoms with E-state index in [2.05, 4.69) is 12.1 Å². The molecule has 0 spiro atoms. The Morgan fingerprint density at radius 1 is 1.04 bits per heavy atom. The summed E-state index contributed by atoms with van der Waals surface area (Å²) in [6.45, 7) is 1.75. The third kappa shape index (κ3) is 4.67. The van der Waals surface area contributed by atoms with Crippen molar-refractivity contribution in [2.75, 3.05) is 7.11 Å². The number of carbonyl (C=O) groups excluding carboxylic acids is 2. The van der Waals surface area contributed by atoms with Crippen molar-refractivity contribution in [1.29, 1.82) is 0 Å². The predicted octanol–water partition coefficient (Wildman–Crippen LogP) is 3.85. The molecule has 3 nitrogen and oxygen atoms in total. The molecule has 0 unspecified atom stereocenters. The van der Waals surface area contributed by atoms with Crippen molar-refractivity contribution in [1.82, 2.24) is 0 Å². The lowest BCUT2D eigenvalue weighted by atomic mass is 9.95. The van der Waals surface area contributed by atoms with E-state index in [1.807, 2.05) is 48.4 Å². The zero-order valence-corrected chi connectivity index (χ0v) is 13.4. The van der Waals surface area contributed by atoms with E-state index in [1.165, 1.54) is 7.11 Å². The quantitative estimate of drug-likeness (QED) is 0.601. The number of esters is 1. The fraction of sp³-hybridized carbons (Fsp3) is 0.250. The average Bonchev–Trinajstić information content (AvgIpc) is 2.61. The van der Waals surface area contributed by atoms with Crippen LogP contribution in [0.1, 0.15) is 18.9 Å². The molecule has 2 rings (SSSR count). The van der Waals surface area contributed by atoms with Gasteiger partial charge in [-0.25, -0.2) is 4.79 Å². The molecule has 0 heterocycles. The Morgan fingerprint density at radius 2 is 1.65 bits per heavy atom. The first-order chi connectivity index (χ1) is 11.1. The second-order valence-corrected chi connectivity index (χ2v) is 5.57. The molecule has 0 aliphatic heterocycles. The van der Waals surface area contributed by atoms with Gasteiger partial charge in [0.05, 0.1) is 13.0 Å². The molecule has 2 aromatic carbocycles. The van der Waals surface area contributed by atoms with Gasteiger partial charge in [0.2, 0.25) is 0 Å². The largest absolute Gasteiger partial charge is 0.469 e. The minimum Gasteiger partial charge on any atom is -0.469 e. The Bertz CT molecular complexity index is 695. The van der Waals surface area contributed by atoms with Gasteiger partial charge in [0.15, 0.2) is 0 Å². The van der Waals surface area contributed by atoms with Crippen molar-refractivity contribution in [2.24, 2.45) is 5.92 Å². The van der Waals surface area contributed by atoms with Crippen LogP contribution >= 0.6 is 0 Å². The molecule has 0 saturated heterocycles. The van der Waals surface area contributed by atoms with Crippen LogP contribution in [0.2, 0.25) is 0 Å². The first-order valence-electron chi connectivity index (χ1n) is 7.59. The lowest BCUT2D eigenvalue weighted by Gasteiger charge is -2.10. The van der Waals surface area contributed by atoms with E-state index in [1.54, 1.807) is 6.92 Å². The molecule has 0 aliphatic carbocycles. The molecule has 0 N–H and O–H groups in total. The third-order valence-electron chi connectivity index (χ3n) is 3.78. The molecule has 23 heavy (non-hydrogen) atoms. The van der Waals surface area contributed by atoms with Crippen LogP contribution in [0.5, 0.6) is 0 Å². The van der Waals surface area contributed by atoms with Crippen LogP contribution < -0.4 is 0 Å². The predicted molar refractivity (Wildman–Crippen MR) is 90.6 cm³/mol. The van der Waals surface area contributed by atoms with E-state index >= 15 is 0 Å². The minimum atomic E-state index is -0.333. The summed E-state index contributed by atoms with van der Waals surface area (Å²) in [6.07, 6.45) is 0.872. The lowest BCUT2D eigenvalue weighted by molar-refractivity contribution is -0.144. The van der Waals surface area contributed by atoms with E-state index in [4.69, 9.17) is 4.74 Å². The molecule has 0 fully saturated rings. The normalized spacial score (nSPS) is 11.4. The van der Waals surface area contributed by atoms with Crippen molar-refractivity contribution < 1.29 is 14.3 Å². The standard InChI is InChI=1S/C20H20O3/c1-15(20(22)23-2)12-17(14-21)13-16-8-10-19(11-9-16)18-6-4-3-5-7-18/h3-11,15H,12-13H2,1-2H3/t15-/m1/s1. The van der Waals surface area contributed by atoms with E-state index in [9.17, 15) is 9.59 Å². The van der Waals surface area contributed by atoms with Gasteiger partial charge in [0, 0.05) is 12.0 Å². The molecule has 0 saturated carbocycles. The van der Waals surface area contributed by atoms with Gasteiger partial charge in [0.1, 0.15) is 5.94 Å². The van der Waals surface area contributed by atoms with E-state index in [0.29, 0.717) is 18.4 Å². The van der Waals surface area contributed by atoms with Gasteiger partial charge < -0.3 is 4.74 Å². The summed E-state index contributed by atoms with van der Waals surface area (Å²) >= 11 is 0. The van der Waals surface area contributed by atoms with Crippen molar-refractivity contribution in [3.63, 3.8) is 0 Å². The van der Waals surface area contributed by atoms with Crippen LogP contribution in [0.15, 0.2) is 60.2 Å². The number of hydrogen-bond acceptors (Lipinski definition) is 3. The zero-order chi connectivity index (χ0) is 16.7. The maximum absolute atomic E-state index is 11.5. The fourth-order valence-corrected chi connectivity index (χ4v) is 2.50. The summed E-state index contributed by atoms with van der Waals surface area (Å²) < 4.78 is 4.69. The Kier molecular flexibility index (Phi) is 5.90. The third-order valence-corrected chi connectivity index (χ3v) is 3.78. The molecule has 0 aromatic heterocycles. The number of rotatable bonds is 6. The van der Waals surface area contributed by atoms with Gasteiger partial charge in [-0.15, -0.1) is 0 Å². The Morgan fingerprint density at radius 3 is 2.22 bits per heavy atom. The van der Waals surface area contributed by atoms with Crippen LogP contribution in [-0.4, -0.2) is 19.0 Å². The number of hydrogen-bond donors (Lipinski definition) is 0. The summed E-state index contributed by atoms with van der Waals surface area (Å²) in [5.41, 5.74) is 3.90. The van der Waals surface area contributed by atoms with E-state index < -0.39 is 0 Å². The first kappa shape index (κ1) is 16.7. The monoisotopic (exact) mass is 308 g/mol. The highest BCUT2D eigenvalue weighted by Gasteiger charge is 2.16. The molecule has 2 aromatic rings. The topological polar surface area (TPSA) is 43.4 Å². The van der Waals surface area contributed by atoms with Crippen LogP contribution in [0.3, 0.4) is 0 Å². The number of ether oxygens (including phenoxy) is 1. The van der Waals surface area contributed by atoms with Crippen LogP contribution in [0.25, 0.3) is 11.1 Å². The van der Waals surface area contributed by atoms with Crippen LogP contribution in [0, 0.1) is 5.92 Å². The molecule has 3 heteroatoms. The number of carbonyl (C=O) groups is 1. The zero-order valence-electron chi connectivity index (χ0n) is 13.4.